The van der Waals surface area contributed by atoms with Crippen LogP contribution in [-0.2, 0) is 11.2 Å². The summed E-state index contributed by atoms with van der Waals surface area (Å²) in [5.74, 6) is 1.07. The van der Waals surface area contributed by atoms with E-state index in [1.54, 1.807) is 7.11 Å². The van der Waals surface area contributed by atoms with Gasteiger partial charge in [0.05, 0.1) is 7.11 Å². The van der Waals surface area contributed by atoms with Gasteiger partial charge >= 0.3 is 0 Å². The Morgan fingerprint density at radius 2 is 1.93 bits per heavy atom. The lowest BCUT2D eigenvalue weighted by Gasteiger charge is -2.28. The van der Waals surface area contributed by atoms with E-state index in [2.05, 4.69) is 48.4 Å². The highest BCUT2D eigenvalue weighted by atomic mass is 16.5. The Labute approximate surface area is 172 Å². The number of carbonyl (C=O) groups excluding carboxylic acids is 1. The van der Waals surface area contributed by atoms with E-state index in [0.717, 1.165) is 43.7 Å². The predicted molar refractivity (Wildman–Crippen MR) is 118 cm³/mol. The summed E-state index contributed by atoms with van der Waals surface area (Å²) < 4.78 is 5.46. The van der Waals surface area contributed by atoms with Crippen molar-refractivity contribution in [1.82, 2.24) is 9.88 Å². The largest absolute Gasteiger partial charge is 0.497 e. The van der Waals surface area contributed by atoms with Crippen molar-refractivity contribution >= 4 is 16.8 Å². The number of methoxy groups -OCH3 is 1. The number of fused-ring (bicyclic) bond motifs is 1. The number of aromatic amines is 1. The van der Waals surface area contributed by atoms with Gasteiger partial charge in [0.1, 0.15) is 5.75 Å². The van der Waals surface area contributed by atoms with Crippen molar-refractivity contribution in [2.45, 2.75) is 44.9 Å². The monoisotopic (exact) mass is 390 g/mol. The van der Waals surface area contributed by atoms with Crippen LogP contribution in [0, 0.1) is 0 Å². The first-order valence-electron chi connectivity index (χ1n) is 10.7. The van der Waals surface area contributed by atoms with Gasteiger partial charge in [-0.25, -0.2) is 0 Å². The van der Waals surface area contributed by atoms with Crippen molar-refractivity contribution < 1.29 is 9.53 Å². The van der Waals surface area contributed by atoms with Crippen LogP contribution in [-0.4, -0.2) is 36.0 Å². The zero-order valence-electron chi connectivity index (χ0n) is 17.4. The lowest BCUT2D eigenvalue weighted by atomic mass is 9.87. The van der Waals surface area contributed by atoms with Gasteiger partial charge in [-0.1, -0.05) is 37.3 Å². The quantitative estimate of drug-likeness (QED) is 0.623. The number of ether oxygens (including phenoxy) is 1. The summed E-state index contributed by atoms with van der Waals surface area (Å²) >= 11 is 0. The van der Waals surface area contributed by atoms with Crippen molar-refractivity contribution in [1.29, 1.82) is 0 Å². The average molecular weight is 391 g/mol. The topological polar surface area (TPSA) is 45.3 Å². The molecule has 1 aliphatic heterocycles. The minimum atomic E-state index is 0.000354. The smallest absolute Gasteiger partial charge is 0.223 e. The van der Waals surface area contributed by atoms with Gasteiger partial charge in [-0.15, -0.1) is 0 Å². The lowest BCUT2D eigenvalue weighted by molar-refractivity contribution is -0.132. The molecular weight excluding hydrogens is 360 g/mol. The molecule has 0 aliphatic carbocycles. The number of nitrogens with zero attached hydrogens (tertiary/aromatic N) is 1. The zero-order chi connectivity index (χ0) is 20.2. The summed E-state index contributed by atoms with van der Waals surface area (Å²) in [7, 11) is 1.69. The van der Waals surface area contributed by atoms with E-state index < -0.39 is 0 Å². The Balaban J connectivity index is 1.75. The Kier molecular flexibility index (Phi) is 5.89. The van der Waals surface area contributed by atoms with E-state index in [-0.39, 0.29) is 11.8 Å². The Morgan fingerprint density at radius 3 is 2.69 bits per heavy atom. The number of carbonyl (C=O) groups is 1. The molecule has 1 saturated heterocycles. The molecule has 152 valence electrons. The van der Waals surface area contributed by atoms with Gasteiger partial charge in [-0.2, -0.15) is 0 Å². The van der Waals surface area contributed by atoms with Gasteiger partial charge in [0, 0.05) is 42.5 Å². The van der Waals surface area contributed by atoms with Crippen LogP contribution >= 0.6 is 0 Å². The Hall–Kier alpha value is -2.75. The molecule has 2 heterocycles. The first-order valence-corrected chi connectivity index (χ1v) is 10.7. The minimum absolute atomic E-state index is 0.000354. The molecule has 1 N–H and O–H groups in total. The first-order chi connectivity index (χ1) is 14.2. The van der Waals surface area contributed by atoms with E-state index in [1.165, 1.54) is 28.5 Å². The van der Waals surface area contributed by atoms with Crippen LogP contribution in [0.25, 0.3) is 10.9 Å². The first kappa shape index (κ1) is 19.6. The van der Waals surface area contributed by atoms with Gasteiger partial charge in [-0.3, -0.25) is 4.79 Å². The Morgan fingerprint density at radius 1 is 1.14 bits per heavy atom. The second-order valence-electron chi connectivity index (χ2n) is 7.91. The standard InChI is InChI=1S/C25H30N2O2/c1-3-18-9-8-12-21-23(17-26-25(18)21)22(19-10-7-11-20(15-19)29-2)16-24(28)27-13-5-4-6-14-27/h7-12,15,17,22,26H,3-6,13-14,16H2,1-2H3/t22-/m1/s1. The maximum Gasteiger partial charge on any atom is 0.223 e. The van der Waals surface area contributed by atoms with Crippen LogP contribution in [0.2, 0.25) is 0 Å². The fourth-order valence-electron chi connectivity index (χ4n) is 4.53. The molecule has 0 spiro atoms. The van der Waals surface area contributed by atoms with E-state index in [1.807, 2.05) is 17.0 Å². The number of piperidine rings is 1. The number of benzene rings is 2. The average Bonchev–Trinajstić information content (AvgIpc) is 3.22. The molecule has 0 saturated carbocycles. The van der Waals surface area contributed by atoms with Crippen molar-refractivity contribution in [3.63, 3.8) is 0 Å². The molecule has 4 heteroatoms. The molecule has 1 aliphatic rings. The maximum absolute atomic E-state index is 13.2. The molecular formula is C25H30N2O2. The van der Waals surface area contributed by atoms with Gasteiger partial charge < -0.3 is 14.6 Å². The lowest BCUT2D eigenvalue weighted by Crippen LogP contribution is -2.36. The van der Waals surface area contributed by atoms with Crippen molar-refractivity contribution in [3.05, 3.63) is 65.4 Å². The zero-order valence-corrected chi connectivity index (χ0v) is 17.4. The van der Waals surface area contributed by atoms with E-state index >= 15 is 0 Å². The van der Waals surface area contributed by atoms with Crippen LogP contribution in [0.1, 0.15) is 55.2 Å². The summed E-state index contributed by atoms with van der Waals surface area (Å²) in [5.41, 5.74) is 4.80. The molecule has 0 bridgehead atoms. The normalized spacial score (nSPS) is 15.4. The summed E-state index contributed by atoms with van der Waals surface area (Å²) in [6.45, 7) is 3.95. The van der Waals surface area contributed by atoms with E-state index in [9.17, 15) is 4.79 Å². The number of aromatic nitrogens is 1. The second kappa shape index (κ2) is 8.73. The van der Waals surface area contributed by atoms with Gasteiger partial charge in [-0.05, 0) is 54.5 Å². The maximum atomic E-state index is 13.2. The molecule has 4 nitrogen and oxygen atoms in total. The third-order valence-electron chi connectivity index (χ3n) is 6.17. The molecule has 1 amide bonds. The van der Waals surface area contributed by atoms with Gasteiger partial charge in [0.15, 0.2) is 0 Å². The highest BCUT2D eigenvalue weighted by molar-refractivity contribution is 5.88. The number of aryl methyl sites for hydroxylation is 1. The summed E-state index contributed by atoms with van der Waals surface area (Å²) in [6, 6.07) is 14.6. The third-order valence-corrected chi connectivity index (χ3v) is 6.17. The molecule has 1 atom stereocenters. The fourth-order valence-corrected chi connectivity index (χ4v) is 4.53. The highest BCUT2D eigenvalue weighted by Crippen LogP contribution is 2.36. The number of likely N-dealkylation sites (tertiary alicyclic amines) is 1. The van der Waals surface area contributed by atoms with E-state index in [4.69, 9.17) is 4.74 Å². The van der Waals surface area contributed by atoms with Crippen LogP contribution in [0.3, 0.4) is 0 Å². The molecule has 29 heavy (non-hydrogen) atoms. The van der Waals surface area contributed by atoms with Crippen molar-refractivity contribution in [2.75, 3.05) is 20.2 Å². The van der Waals surface area contributed by atoms with Crippen molar-refractivity contribution in [2.24, 2.45) is 0 Å². The number of nitrogens with one attached hydrogen (secondary N) is 1. The van der Waals surface area contributed by atoms with Crippen LogP contribution < -0.4 is 4.74 Å². The molecule has 1 aromatic heterocycles. The SMILES string of the molecule is CCc1cccc2c([C@H](CC(=O)N3CCCCC3)c3cccc(OC)c3)c[nH]c12. The molecule has 1 fully saturated rings. The molecule has 0 radical (unpaired) electrons. The molecule has 3 aromatic rings. The second-order valence-corrected chi connectivity index (χ2v) is 7.91. The van der Waals surface area contributed by atoms with Gasteiger partial charge in [0.25, 0.3) is 0 Å². The predicted octanol–water partition coefficient (Wildman–Crippen LogP) is 5.27. The van der Waals surface area contributed by atoms with E-state index in [0.29, 0.717) is 6.42 Å². The highest BCUT2D eigenvalue weighted by Gasteiger charge is 2.25. The van der Waals surface area contributed by atoms with Crippen LogP contribution in [0.15, 0.2) is 48.7 Å². The van der Waals surface area contributed by atoms with Gasteiger partial charge in [0.2, 0.25) is 5.91 Å². The minimum Gasteiger partial charge on any atom is -0.497 e. The molecule has 0 unspecified atom stereocenters. The molecule has 2 aromatic carbocycles. The summed E-state index contributed by atoms with van der Waals surface area (Å²) in [4.78, 5) is 18.7. The summed E-state index contributed by atoms with van der Waals surface area (Å²) in [5, 5.41) is 1.21. The number of amides is 1. The number of H-pyrrole nitrogens is 1. The van der Waals surface area contributed by atoms with Crippen LogP contribution in [0.4, 0.5) is 0 Å². The summed E-state index contributed by atoms with van der Waals surface area (Å²) in [6.07, 6.45) is 7.01. The number of hydrogen-bond acceptors (Lipinski definition) is 2. The number of rotatable bonds is 6. The Bertz CT molecular complexity index is 985. The molecule has 4 rings (SSSR count). The number of para-hydroxylation sites is 1. The van der Waals surface area contributed by atoms with Crippen LogP contribution in [0.5, 0.6) is 5.75 Å². The number of hydrogen-bond donors (Lipinski definition) is 1. The van der Waals surface area contributed by atoms with Crippen molar-refractivity contribution in [3.8, 4) is 5.75 Å². The third kappa shape index (κ3) is 4.02. The fraction of sp³-hybridized carbons (Fsp3) is 0.400.